The highest BCUT2D eigenvalue weighted by Gasteiger charge is 2.42. The van der Waals surface area contributed by atoms with E-state index in [0.29, 0.717) is 18.7 Å². The van der Waals surface area contributed by atoms with Crippen molar-refractivity contribution in [2.45, 2.75) is 20.4 Å². The number of aryl methyl sites for hydroxylation is 1. The number of carbonyl (C=O) groups excluding carboxylic acids is 2. The standard InChI is InChI=1S/C26H22F2N2O2/c1-3-29(16-18-7-5-4-6-8-18)24-23(19-11-9-17(2)10-12-19)25(31)30(26(24)32)20-13-14-21(27)22(28)15-20/h4-15H,3,16H2,1-2H3. The van der Waals surface area contributed by atoms with E-state index in [4.69, 9.17) is 0 Å². The number of imide groups is 1. The third-order valence-corrected chi connectivity index (χ3v) is 5.48. The predicted octanol–water partition coefficient (Wildman–Crippen LogP) is 5.08. The highest BCUT2D eigenvalue weighted by atomic mass is 19.2. The summed E-state index contributed by atoms with van der Waals surface area (Å²) in [6.45, 7) is 4.74. The zero-order chi connectivity index (χ0) is 22.8. The number of nitrogens with zero attached hydrogens (tertiary/aromatic N) is 2. The minimum atomic E-state index is -1.12. The maximum absolute atomic E-state index is 13.9. The van der Waals surface area contributed by atoms with Crippen molar-refractivity contribution < 1.29 is 18.4 Å². The lowest BCUT2D eigenvalue weighted by Gasteiger charge is -2.25. The summed E-state index contributed by atoms with van der Waals surface area (Å²) < 4.78 is 27.4. The molecule has 0 spiro atoms. The van der Waals surface area contributed by atoms with Crippen LogP contribution >= 0.6 is 0 Å². The molecule has 4 rings (SSSR count). The first kappa shape index (κ1) is 21.4. The number of likely N-dealkylation sites (N-methyl/N-ethyl adjacent to an activating group) is 1. The number of rotatable bonds is 6. The molecule has 0 aliphatic carbocycles. The molecule has 162 valence electrons. The lowest BCUT2D eigenvalue weighted by molar-refractivity contribution is -0.120. The van der Waals surface area contributed by atoms with Crippen LogP contribution in [-0.2, 0) is 16.1 Å². The molecule has 0 aromatic heterocycles. The molecule has 0 fully saturated rings. The van der Waals surface area contributed by atoms with Crippen molar-refractivity contribution in [2.24, 2.45) is 0 Å². The molecule has 32 heavy (non-hydrogen) atoms. The fourth-order valence-corrected chi connectivity index (χ4v) is 3.80. The van der Waals surface area contributed by atoms with Crippen LogP contribution in [0.15, 0.2) is 78.5 Å². The summed E-state index contributed by atoms with van der Waals surface area (Å²) in [5.74, 6) is -3.29. The van der Waals surface area contributed by atoms with Crippen LogP contribution in [0.3, 0.4) is 0 Å². The van der Waals surface area contributed by atoms with Gasteiger partial charge < -0.3 is 4.90 Å². The van der Waals surface area contributed by atoms with E-state index in [9.17, 15) is 18.4 Å². The van der Waals surface area contributed by atoms with Crippen LogP contribution in [0.5, 0.6) is 0 Å². The van der Waals surface area contributed by atoms with Gasteiger partial charge in [-0.2, -0.15) is 0 Å². The lowest BCUT2D eigenvalue weighted by Crippen LogP contribution is -2.35. The molecule has 2 amide bonds. The Balaban J connectivity index is 1.83. The normalized spacial score (nSPS) is 13.8. The maximum atomic E-state index is 13.9. The molecule has 3 aromatic rings. The van der Waals surface area contributed by atoms with Crippen molar-refractivity contribution in [1.29, 1.82) is 0 Å². The summed E-state index contributed by atoms with van der Waals surface area (Å²) in [5.41, 5.74) is 3.08. The summed E-state index contributed by atoms with van der Waals surface area (Å²) in [4.78, 5) is 29.8. The van der Waals surface area contributed by atoms with Gasteiger partial charge in [0.15, 0.2) is 11.6 Å². The van der Waals surface area contributed by atoms with Gasteiger partial charge in [-0.3, -0.25) is 9.59 Å². The number of halogens is 2. The first-order valence-corrected chi connectivity index (χ1v) is 10.3. The third-order valence-electron chi connectivity index (χ3n) is 5.48. The van der Waals surface area contributed by atoms with Crippen molar-refractivity contribution in [3.63, 3.8) is 0 Å². The molecule has 0 radical (unpaired) electrons. The number of hydrogen-bond donors (Lipinski definition) is 0. The Morgan fingerprint density at radius 3 is 2.16 bits per heavy atom. The van der Waals surface area contributed by atoms with E-state index in [1.165, 1.54) is 6.07 Å². The van der Waals surface area contributed by atoms with E-state index in [-0.39, 0.29) is 17.0 Å². The molecule has 0 unspecified atom stereocenters. The van der Waals surface area contributed by atoms with Crippen LogP contribution in [0.2, 0.25) is 0 Å². The predicted molar refractivity (Wildman–Crippen MR) is 119 cm³/mol. The van der Waals surface area contributed by atoms with Gasteiger partial charge in [-0.1, -0.05) is 60.2 Å². The number of amides is 2. The van der Waals surface area contributed by atoms with Gasteiger partial charge in [-0.15, -0.1) is 0 Å². The number of carbonyl (C=O) groups is 2. The van der Waals surface area contributed by atoms with Crippen LogP contribution in [0.25, 0.3) is 5.57 Å². The largest absolute Gasteiger partial charge is 0.362 e. The Kier molecular flexibility index (Phi) is 5.86. The van der Waals surface area contributed by atoms with Gasteiger partial charge in [0.05, 0.1) is 11.3 Å². The zero-order valence-corrected chi connectivity index (χ0v) is 17.8. The molecule has 0 bridgehead atoms. The monoisotopic (exact) mass is 432 g/mol. The van der Waals surface area contributed by atoms with E-state index in [0.717, 1.165) is 28.2 Å². The summed E-state index contributed by atoms with van der Waals surface area (Å²) in [6.07, 6.45) is 0. The van der Waals surface area contributed by atoms with Gasteiger partial charge in [0.1, 0.15) is 5.70 Å². The van der Waals surface area contributed by atoms with Crippen LogP contribution in [0.4, 0.5) is 14.5 Å². The molecular weight excluding hydrogens is 410 g/mol. The second-order valence-electron chi connectivity index (χ2n) is 7.63. The fraction of sp³-hybridized carbons (Fsp3) is 0.154. The number of anilines is 1. The second kappa shape index (κ2) is 8.75. The Morgan fingerprint density at radius 2 is 1.53 bits per heavy atom. The molecular formula is C26H22F2N2O2. The van der Waals surface area contributed by atoms with Crippen molar-refractivity contribution in [3.05, 3.63) is 107 Å². The third kappa shape index (κ3) is 3.91. The van der Waals surface area contributed by atoms with Gasteiger partial charge in [0, 0.05) is 19.2 Å². The SMILES string of the molecule is CCN(Cc1ccccc1)C1=C(c2ccc(C)cc2)C(=O)N(c2ccc(F)c(F)c2)C1=O. The topological polar surface area (TPSA) is 40.6 Å². The smallest absolute Gasteiger partial charge is 0.282 e. The number of benzene rings is 3. The molecule has 3 aromatic carbocycles. The Bertz CT molecular complexity index is 1200. The number of hydrogen-bond acceptors (Lipinski definition) is 3. The van der Waals surface area contributed by atoms with Crippen molar-refractivity contribution in [1.82, 2.24) is 4.90 Å². The molecule has 4 nitrogen and oxygen atoms in total. The first-order chi connectivity index (χ1) is 15.4. The van der Waals surface area contributed by atoms with Crippen molar-refractivity contribution in [2.75, 3.05) is 11.4 Å². The van der Waals surface area contributed by atoms with Gasteiger partial charge in [0.2, 0.25) is 0 Å². The van der Waals surface area contributed by atoms with E-state index >= 15 is 0 Å². The summed E-state index contributed by atoms with van der Waals surface area (Å²) in [5, 5.41) is 0. The molecule has 6 heteroatoms. The lowest BCUT2D eigenvalue weighted by atomic mass is 10.0. The quantitative estimate of drug-likeness (QED) is 0.510. The van der Waals surface area contributed by atoms with E-state index in [2.05, 4.69) is 0 Å². The highest BCUT2D eigenvalue weighted by Crippen LogP contribution is 2.35. The van der Waals surface area contributed by atoms with E-state index in [1.54, 1.807) is 12.1 Å². The van der Waals surface area contributed by atoms with Crippen molar-refractivity contribution in [3.8, 4) is 0 Å². The zero-order valence-electron chi connectivity index (χ0n) is 17.8. The molecule has 0 saturated carbocycles. The molecule has 0 atom stereocenters. The summed E-state index contributed by atoms with van der Waals surface area (Å²) in [7, 11) is 0. The summed E-state index contributed by atoms with van der Waals surface area (Å²) >= 11 is 0. The van der Waals surface area contributed by atoms with Crippen LogP contribution in [0.1, 0.15) is 23.6 Å². The molecule has 0 saturated heterocycles. The van der Waals surface area contributed by atoms with Gasteiger partial charge in [-0.05, 0) is 37.1 Å². The van der Waals surface area contributed by atoms with Crippen LogP contribution < -0.4 is 4.90 Å². The van der Waals surface area contributed by atoms with Gasteiger partial charge in [0.25, 0.3) is 11.8 Å². The van der Waals surface area contributed by atoms with Crippen molar-refractivity contribution >= 4 is 23.1 Å². The second-order valence-corrected chi connectivity index (χ2v) is 7.63. The average Bonchev–Trinajstić information content (AvgIpc) is 3.05. The Hall–Kier alpha value is -3.80. The van der Waals surface area contributed by atoms with E-state index in [1.807, 2.05) is 61.2 Å². The van der Waals surface area contributed by atoms with Crippen LogP contribution in [-0.4, -0.2) is 23.3 Å². The Labute approximate surface area is 185 Å². The molecule has 1 heterocycles. The van der Waals surface area contributed by atoms with Gasteiger partial charge >= 0.3 is 0 Å². The maximum Gasteiger partial charge on any atom is 0.282 e. The molecule has 1 aliphatic heterocycles. The first-order valence-electron chi connectivity index (χ1n) is 10.3. The Morgan fingerprint density at radius 1 is 0.844 bits per heavy atom. The molecule has 1 aliphatic rings. The average molecular weight is 432 g/mol. The molecule has 0 N–H and O–H groups in total. The van der Waals surface area contributed by atoms with E-state index < -0.39 is 23.4 Å². The summed E-state index contributed by atoms with van der Waals surface area (Å²) in [6, 6.07) is 20.0. The van der Waals surface area contributed by atoms with Gasteiger partial charge in [-0.25, -0.2) is 13.7 Å². The highest BCUT2D eigenvalue weighted by molar-refractivity contribution is 6.45. The minimum absolute atomic E-state index is 0.00530. The van der Waals surface area contributed by atoms with Crippen LogP contribution in [0, 0.1) is 18.6 Å². The minimum Gasteiger partial charge on any atom is -0.362 e. The fourth-order valence-electron chi connectivity index (χ4n) is 3.80.